The molecule has 0 bridgehead atoms. The number of piperidine rings is 1. The molecule has 2 N–H and O–H groups in total. The van der Waals surface area contributed by atoms with Crippen LogP contribution in [0.1, 0.15) is 18.4 Å². The highest BCUT2D eigenvalue weighted by Gasteiger charge is 2.17. The van der Waals surface area contributed by atoms with Gasteiger partial charge in [-0.2, -0.15) is 0 Å². The summed E-state index contributed by atoms with van der Waals surface area (Å²) in [6, 6.07) is 8.08. The van der Waals surface area contributed by atoms with Crippen LogP contribution in [-0.4, -0.2) is 51.7 Å². The Balaban J connectivity index is 0.00000264. The Kier molecular flexibility index (Phi) is 9.31. The molecule has 1 aromatic rings. The molecule has 0 aromatic heterocycles. The Morgan fingerprint density at radius 2 is 2.22 bits per heavy atom. The smallest absolute Gasteiger partial charge is 0.191 e. The number of guanidine groups is 1. The molecule has 1 heterocycles. The van der Waals surface area contributed by atoms with E-state index in [2.05, 4.69) is 33.6 Å². The summed E-state index contributed by atoms with van der Waals surface area (Å²) in [5.74, 6) is 2.44. The zero-order valence-corrected chi connectivity index (χ0v) is 16.7. The number of rotatable bonds is 5. The topological polar surface area (TPSA) is 48.9 Å². The molecule has 130 valence electrons. The molecule has 0 spiro atoms. The molecule has 0 amide bonds. The van der Waals surface area contributed by atoms with E-state index in [4.69, 9.17) is 4.74 Å². The van der Waals surface area contributed by atoms with Crippen molar-refractivity contribution in [2.24, 2.45) is 10.9 Å². The lowest BCUT2D eigenvalue weighted by Crippen LogP contribution is -2.43. The van der Waals surface area contributed by atoms with Gasteiger partial charge in [0, 0.05) is 26.7 Å². The second-order valence-electron chi connectivity index (χ2n) is 5.93. The average molecular weight is 432 g/mol. The summed E-state index contributed by atoms with van der Waals surface area (Å²) >= 11 is 0. The molecule has 1 aliphatic heterocycles. The number of aliphatic imine (C=N–C) groups is 1. The highest BCUT2D eigenvalue weighted by Crippen LogP contribution is 2.14. The molecular formula is C17H29IN4O. The molecule has 0 radical (unpaired) electrons. The number of methoxy groups -OCH3 is 1. The zero-order valence-electron chi connectivity index (χ0n) is 14.3. The molecule has 1 atom stereocenters. The molecule has 1 aromatic carbocycles. The fourth-order valence-corrected chi connectivity index (χ4v) is 2.87. The fourth-order valence-electron chi connectivity index (χ4n) is 2.87. The summed E-state index contributed by atoms with van der Waals surface area (Å²) in [5, 5.41) is 6.80. The Bertz CT molecular complexity index is 495. The molecule has 1 saturated heterocycles. The van der Waals surface area contributed by atoms with E-state index in [9.17, 15) is 0 Å². The van der Waals surface area contributed by atoms with E-state index >= 15 is 0 Å². The minimum Gasteiger partial charge on any atom is -0.497 e. The van der Waals surface area contributed by atoms with Crippen LogP contribution in [0.2, 0.25) is 0 Å². The van der Waals surface area contributed by atoms with E-state index in [1.54, 1.807) is 7.11 Å². The first-order valence-electron chi connectivity index (χ1n) is 7.97. The van der Waals surface area contributed by atoms with Crippen LogP contribution in [0.5, 0.6) is 5.75 Å². The third-order valence-electron chi connectivity index (χ3n) is 4.10. The number of hydrogen-bond donors (Lipinski definition) is 2. The van der Waals surface area contributed by atoms with Crippen molar-refractivity contribution in [2.75, 3.05) is 40.8 Å². The molecule has 2 rings (SSSR count). The van der Waals surface area contributed by atoms with Crippen LogP contribution in [0.4, 0.5) is 0 Å². The van der Waals surface area contributed by atoms with Gasteiger partial charge < -0.3 is 20.3 Å². The summed E-state index contributed by atoms with van der Waals surface area (Å²) < 4.78 is 5.25. The SMILES string of the molecule is CN=C(NCc1cccc(OC)c1)NCC1CCCN(C)C1.I. The van der Waals surface area contributed by atoms with Gasteiger partial charge in [-0.15, -0.1) is 24.0 Å². The van der Waals surface area contributed by atoms with E-state index < -0.39 is 0 Å². The third-order valence-corrected chi connectivity index (χ3v) is 4.10. The minimum absolute atomic E-state index is 0. The number of hydrogen-bond acceptors (Lipinski definition) is 3. The van der Waals surface area contributed by atoms with Crippen LogP contribution >= 0.6 is 24.0 Å². The highest BCUT2D eigenvalue weighted by atomic mass is 127. The van der Waals surface area contributed by atoms with Crippen molar-refractivity contribution < 1.29 is 4.74 Å². The van der Waals surface area contributed by atoms with Crippen molar-refractivity contribution >= 4 is 29.9 Å². The number of halogens is 1. The summed E-state index contributed by atoms with van der Waals surface area (Å²) in [6.07, 6.45) is 2.59. The molecule has 6 heteroatoms. The van der Waals surface area contributed by atoms with E-state index in [-0.39, 0.29) is 24.0 Å². The summed E-state index contributed by atoms with van der Waals surface area (Å²) in [6.45, 7) is 4.10. The first kappa shape index (κ1) is 20.0. The van der Waals surface area contributed by atoms with Crippen LogP contribution in [-0.2, 0) is 6.54 Å². The van der Waals surface area contributed by atoms with Crippen molar-refractivity contribution in [3.05, 3.63) is 29.8 Å². The Morgan fingerprint density at radius 1 is 1.39 bits per heavy atom. The summed E-state index contributed by atoms with van der Waals surface area (Å²) in [7, 11) is 5.70. The quantitative estimate of drug-likeness (QED) is 0.426. The highest BCUT2D eigenvalue weighted by molar-refractivity contribution is 14.0. The second kappa shape index (κ2) is 10.7. The molecule has 1 unspecified atom stereocenters. The molecule has 0 aliphatic carbocycles. The zero-order chi connectivity index (χ0) is 15.8. The first-order valence-corrected chi connectivity index (χ1v) is 7.97. The lowest BCUT2D eigenvalue weighted by atomic mass is 9.99. The van der Waals surface area contributed by atoms with E-state index in [0.29, 0.717) is 5.92 Å². The van der Waals surface area contributed by atoms with Gasteiger partial charge in [-0.3, -0.25) is 4.99 Å². The first-order chi connectivity index (χ1) is 10.7. The minimum atomic E-state index is 0. The molecule has 1 fully saturated rings. The Hall–Kier alpha value is -1.02. The third kappa shape index (κ3) is 6.95. The maximum Gasteiger partial charge on any atom is 0.191 e. The Labute approximate surface area is 156 Å². The van der Waals surface area contributed by atoms with Gasteiger partial charge in [0.05, 0.1) is 7.11 Å². The van der Waals surface area contributed by atoms with Crippen molar-refractivity contribution in [1.82, 2.24) is 15.5 Å². The second-order valence-corrected chi connectivity index (χ2v) is 5.93. The average Bonchev–Trinajstić information content (AvgIpc) is 2.55. The number of nitrogens with one attached hydrogen (secondary N) is 2. The molecule has 1 aliphatic rings. The van der Waals surface area contributed by atoms with Crippen LogP contribution < -0.4 is 15.4 Å². The maximum absolute atomic E-state index is 5.25. The van der Waals surface area contributed by atoms with Gasteiger partial charge in [-0.05, 0) is 50.0 Å². The predicted octanol–water partition coefficient (Wildman–Crippen LogP) is 2.32. The van der Waals surface area contributed by atoms with Gasteiger partial charge in [0.15, 0.2) is 5.96 Å². The molecular weight excluding hydrogens is 403 g/mol. The van der Waals surface area contributed by atoms with Crippen molar-refractivity contribution in [2.45, 2.75) is 19.4 Å². The van der Waals surface area contributed by atoms with E-state index in [1.165, 1.54) is 31.5 Å². The van der Waals surface area contributed by atoms with Crippen LogP contribution in [0.15, 0.2) is 29.3 Å². The molecule has 23 heavy (non-hydrogen) atoms. The number of likely N-dealkylation sites (tertiary alicyclic amines) is 1. The van der Waals surface area contributed by atoms with Gasteiger partial charge in [0.25, 0.3) is 0 Å². The number of ether oxygens (including phenoxy) is 1. The standard InChI is InChI=1S/C17H28N4O.HI/c1-18-17(20-12-15-7-5-9-21(2)13-15)19-11-14-6-4-8-16(10-14)22-3;/h4,6,8,10,15H,5,7,9,11-13H2,1-3H3,(H2,18,19,20);1H. The van der Waals surface area contributed by atoms with Gasteiger partial charge in [0.2, 0.25) is 0 Å². The monoisotopic (exact) mass is 432 g/mol. The van der Waals surface area contributed by atoms with Gasteiger partial charge >= 0.3 is 0 Å². The van der Waals surface area contributed by atoms with Crippen molar-refractivity contribution in [3.8, 4) is 5.75 Å². The summed E-state index contributed by atoms with van der Waals surface area (Å²) in [4.78, 5) is 6.70. The number of nitrogens with zero attached hydrogens (tertiary/aromatic N) is 2. The van der Waals surface area contributed by atoms with Gasteiger partial charge in [-0.1, -0.05) is 12.1 Å². The largest absolute Gasteiger partial charge is 0.497 e. The lowest BCUT2D eigenvalue weighted by Gasteiger charge is -2.30. The van der Waals surface area contributed by atoms with Crippen molar-refractivity contribution in [3.63, 3.8) is 0 Å². The predicted molar refractivity (Wildman–Crippen MR) is 107 cm³/mol. The van der Waals surface area contributed by atoms with Crippen molar-refractivity contribution in [1.29, 1.82) is 0 Å². The van der Waals surface area contributed by atoms with Gasteiger partial charge in [0.1, 0.15) is 5.75 Å². The normalized spacial score (nSPS) is 18.9. The van der Waals surface area contributed by atoms with E-state index in [0.717, 1.165) is 24.8 Å². The summed E-state index contributed by atoms with van der Waals surface area (Å²) in [5.41, 5.74) is 1.18. The molecule has 0 saturated carbocycles. The Morgan fingerprint density at radius 3 is 2.91 bits per heavy atom. The number of benzene rings is 1. The van der Waals surface area contributed by atoms with E-state index in [1.807, 2.05) is 25.2 Å². The van der Waals surface area contributed by atoms with Crippen LogP contribution in [0, 0.1) is 5.92 Å². The fraction of sp³-hybridized carbons (Fsp3) is 0.588. The van der Waals surface area contributed by atoms with Crippen LogP contribution in [0.3, 0.4) is 0 Å². The van der Waals surface area contributed by atoms with Crippen LogP contribution in [0.25, 0.3) is 0 Å². The van der Waals surface area contributed by atoms with Gasteiger partial charge in [-0.25, -0.2) is 0 Å². The maximum atomic E-state index is 5.25. The molecule has 5 nitrogen and oxygen atoms in total. The lowest BCUT2D eigenvalue weighted by molar-refractivity contribution is 0.210.